The molecule has 0 aromatic carbocycles. The van der Waals surface area contributed by atoms with E-state index in [0.717, 1.165) is 38.9 Å². The Hall–Kier alpha value is -1.10. The van der Waals surface area contributed by atoms with Gasteiger partial charge in [-0.05, 0) is 39.3 Å². The molecule has 1 rings (SSSR count). The smallest absolute Gasteiger partial charge is 0.234 e. The maximum atomic E-state index is 11.7. The molecule has 1 saturated heterocycles. The summed E-state index contributed by atoms with van der Waals surface area (Å²) >= 11 is 0. The Morgan fingerprint density at radius 2 is 1.83 bits per heavy atom. The molecule has 1 aliphatic rings. The Labute approximate surface area is 109 Å². The zero-order valence-corrected chi connectivity index (χ0v) is 11.5. The highest BCUT2D eigenvalue weighted by Crippen LogP contribution is 2.16. The van der Waals surface area contributed by atoms with E-state index in [9.17, 15) is 9.59 Å². The highest BCUT2D eigenvalue weighted by molar-refractivity contribution is 5.79. The van der Waals surface area contributed by atoms with Crippen LogP contribution in [0.5, 0.6) is 0 Å². The summed E-state index contributed by atoms with van der Waals surface area (Å²) in [5, 5.41) is 5.74. The van der Waals surface area contributed by atoms with Gasteiger partial charge in [-0.2, -0.15) is 0 Å². The van der Waals surface area contributed by atoms with Crippen molar-refractivity contribution in [3.05, 3.63) is 0 Å². The maximum absolute atomic E-state index is 11.7. The number of rotatable bonds is 6. The highest BCUT2D eigenvalue weighted by atomic mass is 16.2. The summed E-state index contributed by atoms with van der Waals surface area (Å²) in [6.45, 7) is 7.54. The van der Waals surface area contributed by atoms with Crippen LogP contribution in [0.15, 0.2) is 0 Å². The van der Waals surface area contributed by atoms with Gasteiger partial charge in [0.25, 0.3) is 0 Å². The van der Waals surface area contributed by atoms with Crippen molar-refractivity contribution in [3.63, 3.8) is 0 Å². The first-order valence-electron chi connectivity index (χ1n) is 6.94. The molecule has 0 spiro atoms. The van der Waals surface area contributed by atoms with E-state index in [-0.39, 0.29) is 17.7 Å². The van der Waals surface area contributed by atoms with Crippen LogP contribution in [0.4, 0.5) is 0 Å². The van der Waals surface area contributed by atoms with Gasteiger partial charge in [0.2, 0.25) is 11.8 Å². The van der Waals surface area contributed by atoms with Gasteiger partial charge in [0.15, 0.2) is 0 Å². The number of hydrogen-bond donors (Lipinski definition) is 2. The first-order chi connectivity index (χ1) is 8.67. The third-order valence-electron chi connectivity index (χ3n) is 3.25. The lowest BCUT2D eigenvalue weighted by molar-refractivity contribution is -0.126. The van der Waals surface area contributed by atoms with Crippen molar-refractivity contribution in [2.24, 2.45) is 5.92 Å². The van der Waals surface area contributed by atoms with Crippen molar-refractivity contribution >= 4 is 11.8 Å². The zero-order chi connectivity index (χ0) is 13.4. The summed E-state index contributed by atoms with van der Waals surface area (Å²) in [7, 11) is 0. The van der Waals surface area contributed by atoms with Gasteiger partial charge in [-0.15, -0.1) is 0 Å². The fourth-order valence-corrected chi connectivity index (χ4v) is 2.20. The molecule has 0 saturated carbocycles. The van der Waals surface area contributed by atoms with Crippen LogP contribution in [0.25, 0.3) is 0 Å². The summed E-state index contributed by atoms with van der Waals surface area (Å²) < 4.78 is 0. The highest BCUT2D eigenvalue weighted by Gasteiger charge is 2.25. The van der Waals surface area contributed by atoms with E-state index in [1.54, 1.807) is 0 Å². The van der Waals surface area contributed by atoms with E-state index < -0.39 is 0 Å². The summed E-state index contributed by atoms with van der Waals surface area (Å²) in [5.41, 5.74) is 0. The van der Waals surface area contributed by atoms with Crippen LogP contribution in [-0.2, 0) is 9.59 Å². The minimum absolute atomic E-state index is 0.0910. The van der Waals surface area contributed by atoms with Crippen molar-refractivity contribution in [1.82, 2.24) is 15.5 Å². The van der Waals surface area contributed by atoms with E-state index in [1.165, 1.54) is 0 Å². The predicted molar refractivity (Wildman–Crippen MR) is 71.1 cm³/mol. The molecule has 0 aliphatic carbocycles. The SMILES string of the molecule is CCCNC(=O)CN1CCC(C(=O)NCC)CC1. The summed E-state index contributed by atoms with van der Waals surface area (Å²) in [4.78, 5) is 25.3. The Balaban J connectivity index is 2.22. The van der Waals surface area contributed by atoms with Gasteiger partial charge in [-0.3, -0.25) is 14.5 Å². The first-order valence-corrected chi connectivity index (χ1v) is 6.94. The van der Waals surface area contributed by atoms with Gasteiger partial charge in [0.05, 0.1) is 6.54 Å². The summed E-state index contributed by atoms with van der Waals surface area (Å²) in [5.74, 6) is 0.376. The molecule has 0 atom stereocenters. The minimum Gasteiger partial charge on any atom is -0.356 e. The third-order valence-corrected chi connectivity index (χ3v) is 3.25. The van der Waals surface area contributed by atoms with Crippen molar-refractivity contribution in [1.29, 1.82) is 0 Å². The lowest BCUT2D eigenvalue weighted by Gasteiger charge is -2.30. The number of nitrogens with zero attached hydrogens (tertiary/aromatic N) is 1. The molecular weight excluding hydrogens is 230 g/mol. The molecule has 0 aromatic heterocycles. The Bertz CT molecular complexity index is 273. The molecular formula is C13H25N3O2. The van der Waals surface area contributed by atoms with Crippen LogP contribution in [0.2, 0.25) is 0 Å². The van der Waals surface area contributed by atoms with Crippen LogP contribution in [0.1, 0.15) is 33.1 Å². The lowest BCUT2D eigenvalue weighted by atomic mass is 9.96. The average Bonchev–Trinajstić information content (AvgIpc) is 2.37. The van der Waals surface area contributed by atoms with Crippen LogP contribution < -0.4 is 10.6 Å². The van der Waals surface area contributed by atoms with Crippen LogP contribution >= 0.6 is 0 Å². The quantitative estimate of drug-likeness (QED) is 0.720. The molecule has 1 heterocycles. The summed E-state index contributed by atoms with van der Waals surface area (Å²) in [6.07, 6.45) is 2.67. The van der Waals surface area contributed by atoms with Gasteiger partial charge >= 0.3 is 0 Å². The fraction of sp³-hybridized carbons (Fsp3) is 0.846. The molecule has 0 bridgehead atoms. The van der Waals surface area contributed by atoms with Crippen molar-refractivity contribution in [2.75, 3.05) is 32.7 Å². The third kappa shape index (κ3) is 5.04. The summed E-state index contributed by atoms with van der Waals surface area (Å²) in [6, 6.07) is 0. The Morgan fingerprint density at radius 3 is 2.39 bits per heavy atom. The number of piperidine rings is 1. The maximum Gasteiger partial charge on any atom is 0.234 e. The fourth-order valence-electron chi connectivity index (χ4n) is 2.20. The van der Waals surface area contributed by atoms with Crippen molar-refractivity contribution in [3.8, 4) is 0 Å². The number of carbonyl (C=O) groups excluding carboxylic acids is 2. The van der Waals surface area contributed by atoms with Crippen LogP contribution in [-0.4, -0.2) is 49.4 Å². The molecule has 0 unspecified atom stereocenters. The topological polar surface area (TPSA) is 61.4 Å². The number of amides is 2. The number of likely N-dealkylation sites (tertiary alicyclic amines) is 1. The van der Waals surface area contributed by atoms with E-state index in [4.69, 9.17) is 0 Å². The average molecular weight is 255 g/mol. The molecule has 1 fully saturated rings. The number of nitrogens with one attached hydrogen (secondary N) is 2. The van der Waals surface area contributed by atoms with E-state index in [1.807, 2.05) is 13.8 Å². The van der Waals surface area contributed by atoms with Crippen LogP contribution in [0.3, 0.4) is 0 Å². The Kier molecular flexibility index (Phi) is 6.72. The standard InChI is InChI=1S/C13H25N3O2/c1-3-7-15-12(17)10-16-8-5-11(6-9-16)13(18)14-4-2/h11H,3-10H2,1-2H3,(H,14,18)(H,15,17). The predicted octanol–water partition coefficient (Wildman–Crippen LogP) is 0.361. The van der Waals surface area contributed by atoms with Gasteiger partial charge in [0, 0.05) is 19.0 Å². The van der Waals surface area contributed by atoms with Gasteiger partial charge in [-0.1, -0.05) is 6.92 Å². The van der Waals surface area contributed by atoms with Crippen molar-refractivity contribution < 1.29 is 9.59 Å². The minimum atomic E-state index is 0.0910. The van der Waals surface area contributed by atoms with E-state index >= 15 is 0 Å². The lowest BCUT2D eigenvalue weighted by Crippen LogP contribution is -2.44. The molecule has 0 aromatic rings. The van der Waals surface area contributed by atoms with E-state index in [2.05, 4.69) is 15.5 Å². The van der Waals surface area contributed by atoms with Gasteiger partial charge in [0.1, 0.15) is 0 Å². The normalized spacial score (nSPS) is 17.4. The molecule has 0 radical (unpaired) electrons. The van der Waals surface area contributed by atoms with E-state index in [0.29, 0.717) is 13.1 Å². The van der Waals surface area contributed by atoms with Gasteiger partial charge < -0.3 is 10.6 Å². The molecule has 5 nitrogen and oxygen atoms in total. The molecule has 2 N–H and O–H groups in total. The van der Waals surface area contributed by atoms with Crippen LogP contribution in [0, 0.1) is 5.92 Å². The second kappa shape index (κ2) is 8.08. The zero-order valence-electron chi connectivity index (χ0n) is 11.5. The van der Waals surface area contributed by atoms with Crippen molar-refractivity contribution in [2.45, 2.75) is 33.1 Å². The molecule has 1 aliphatic heterocycles. The largest absolute Gasteiger partial charge is 0.356 e. The second-order valence-corrected chi connectivity index (χ2v) is 4.79. The van der Waals surface area contributed by atoms with Gasteiger partial charge in [-0.25, -0.2) is 0 Å². The number of hydrogen-bond acceptors (Lipinski definition) is 3. The molecule has 5 heteroatoms. The molecule has 104 valence electrons. The Morgan fingerprint density at radius 1 is 1.17 bits per heavy atom. The number of carbonyl (C=O) groups is 2. The molecule has 2 amide bonds. The second-order valence-electron chi connectivity index (χ2n) is 4.79. The molecule has 18 heavy (non-hydrogen) atoms. The first kappa shape index (κ1) is 15.0. The monoisotopic (exact) mass is 255 g/mol.